The third-order valence-corrected chi connectivity index (χ3v) is 5.90. The van der Waals surface area contributed by atoms with Crippen LogP contribution in [0.4, 0.5) is 5.95 Å². The molecule has 4 rings (SSSR count). The molecule has 0 spiro atoms. The van der Waals surface area contributed by atoms with Crippen LogP contribution in [0.25, 0.3) is 21.8 Å². The molecule has 29 heavy (non-hydrogen) atoms. The van der Waals surface area contributed by atoms with Gasteiger partial charge in [0.05, 0.1) is 36.6 Å². The number of aliphatic hydroxyl groups is 1. The Morgan fingerprint density at radius 3 is 2.76 bits per heavy atom. The van der Waals surface area contributed by atoms with Gasteiger partial charge in [0.15, 0.2) is 0 Å². The number of hydrogen-bond donors (Lipinski definition) is 1. The van der Waals surface area contributed by atoms with Crippen LogP contribution in [0.5, 0.6) is 11.9 Å². The molecule has 1 saturated heterocycles. The maximum Gasteiger partial charge on any atom is 0.320 e. The van der Waals surface area contributed by atoms with Crippen molar-refractivity contribution in [2.75, 3.05) is 32.2 Å². The summed E-state index contributed by atoms with van der Waals surface area (Å²) in [6, 6.07) is 5.99. The average Bonchev–Trinajstić information content (AvgIpc) is 3.29. The van der Waals surface area contributed by atoms with Gasteiger partial charge in [-0.3, -0.25) is 0 Å². The first-order chi connectivity index (χ1) is 14.1. The summed E-state index contributed by atoms with van der Waals surface area (Å²) in [7, 11) is 3.07. The van der Waals surface area contributed by atoms with E-state index in [1.807, 2.05) is 24.4 Å². The van der Waals surface area contributed by atoms with E-state index in [0.717, 1.165) is 29.2 Å². The first-order valence-electron chi connectivity index (χ1n) is 9.40. The second kappa shape index (κ2) is 8.30. The molecule has 9 heteroatoms. The van der Waals surface area contributed by atoms with Gasteiger partial charge in [0.2, 0.25) is 11.8 Å². The summed E-state index contributed by atoms with van der Waals surface area (Å²) in [5.41, 5.74) is 2.21. The fraction of sp³-hybridized carbons (Fsp3) is 0.400. The van der Waals surface area contributed by atoms with E-state index in [-0.39, 0.29) is 18.0 Å². The Morgan fingerprint density at radius 2 is 2.07 bits per heavy atom. The van der Waals surface area contributed by atoms with Crippen LogP contribution in [-0.2, 0) is 0 Å². The van der Waals surface area contributed by atoms with E-state index < -0.39 is 0 Å². The predicted molar refractivity (Wildman–Crippen MR) is 111 cm³/mol. The van der Waals surface area contributed by atoms with E-state index in [9.17, 15) is 5.11 Å². The van der Waals surface area contributed by atoms with E-state index in [1.54, 1.807) is 30.7 Å². The first kappa shape index (κ1) is 19.5. The minimum Gasteiger partial charge on any atom is -0.481 e. The summed E-state index contributed by atoms with van der Waals surface area (Å²) in [4.78, 5) is 21.3. The van der Waals surface area contributed by atoms with Gasteiger partial charge in [0.25, 0.3) is 0 Å². The van der Waals surface area contributed by atoms with E-state index >= 15 is 0 Å². The van der Waals surface area contributed by atoms with Crippen molar-refractivity contribution >= 4 is 17.3 Å². The van der Waals surface area contributed by atoms with Gasteiger partial charge in [0.1, 0.15) is 0 Å². The Morgan fingerprint density at radius 1 is 1.21 bits per heavy atom. The van der Waals surface area contributed by atoms with Crippen LogP contribution in [-0.4, -0.2) is 58.5 Å². The number of ether oxygens (including phenoxy) is 2. The highest BCUT2D eigenvalue weighted by Crippen LogP contribution is 2.35. The molecule has 3 aromatic heterocycles. The lowest BCUT2D eigenvalue weighted by molar-refractivity contribution is 0.0966. The normalized spacial score (nSPS) is 19.2. The molecule has 0 radical (unpaired) electrons. The molecule has 152 valence electrons. The van der Waals surface area contributed by atoms with E-state index in [1.165, 1.54) is 7.11 Å². The van der Waals surface area contributed by atoms with Crippen LogP contribution in [0.15, 0.2) is 29.8 Å². The van der Waals surface area contributed by atoms with Gasteiger partial charge >= 0.3 is 6.01 Å². The fourth-order valence-corrected chi connectivity index (χ4v) is 4.09. The lowest BCUT2D eigenvalue weighted by Crippen LogP contribution is -2.42. The third kappa shape index (κ3) is 4.01. The number of aromatic nitrogens is 4. The molecule has 8 nitrogen and oxygen atoms in total. The number of aliphatic hydroxyl groups excluding tert-OH is 1. The molecule has 3 aromatic rings. The molecule has 0 amide bonds. The predicted octanol–water partition coefficient (Wildman–Crippen LogP) is 2.89. The summed E-state index contributed by atoms with van der Waals surface area (Å²) in [6.07, 6.45) is 2.22. The molecule has 0 unspecified atom stereocenters. The molecule has 1 aliphatic rings. The zero-order valence-corrected chi connectivity index (χ0v) is 17.4. The molecule has 4 heterocycles. The van der Waals surface area contributed by atoms with Gasteiger partial charge in [-0.2, -0.15) is 9.97 Å². The maximum atomic E-state index is 10.0. The van der Waals surface area contributed by atoms with Crippen LogP contribution >= 0.6 is 11.3 Å². The Balaban J connectivity index is 1.79. The van der Waals surface area contributed by atoms with Gasteiger partial charge in [-0.25, -0.2) is 9.97 Å². The lowest BCUT2D eigenvalue weighted by Gasteiger charge is -2.34. The number of nitrogens with zero attached hydrogens (tertiary/aromatic N) is 5. The summed E-state index contributed by atoms with van der Waals surface area (Å²) >= 11 is 1.61. The van der Waals surface area contributed by atoms with Crippen molar-refractivity contribution in [1.82, 2.24) is 19.9 Å². The second-order valence-corrected chi connectivity index (χ2v) is 7.92. The topological polar surface area (TPSA) is 93.5 Å². The van der Waals surface area contributed by atoms with Crippen LogP contribution in [0.3, 0.4) is 0 Å². The summed E-state index contributed by atoms with van der Waals surface area (Å²) in [5.74, 6) is 1.24. The van der Waals surface area contributed by atoms with Gasteiger partial charge in [0, 0.05) is 30.9 Å². The van der Waals surface area contributed by atoms with Crippen LogP contribution < -0.4 is 14.4 Å². The highest BCUT2D eigenvalue weighted by Gasteiger charge is 2.26. The lowest BCUT2D eigenvalue weighted by atomic mass is 9.97. The van der Waals surface area contributed by atoms with Crippen molar-refractivity contribution in [3.63, 3.8) is 0 Å². The maximum absolute atomic E-state index is 10.0. The van der Waals surface area contributed by atoms with Crippen molar-refractivity contribution in [2.24, 2.45) is 5.92 Å². The van der Waals surface area contributed by atoms with E-state index in [2.05, 4.69) is 19.9 Å². The van der Waals surface area contributed by atoms with Crippen molar-refractivity contribution in [3.8, 4) is 33.7 Å². The van der Waals surface area contributed by atoms with Crippen molar-refractivity contribution in [2.45, 2.75) is 19.4 Å². The average molecular weight is 414 g/mol. The van der Waals surface area contributed by atoms with Gasteiger partial charge in [-0.15, -0.1) is 11.3 Å². The number of hydrogen-bond acceptors (Lipinski definition) is 9. The number of anilines is 1. The van der Waals surface area contributed by atoms with Crippen LogP contribution in [0, 0.1) is 5.92 Å². The van der Waals surface area contributed by atoms with Gasteiger partial charge in [-0.1, -0.05) is 13.0 Å². The molecule has 0 aliphatic carbocycles. The number of methoxy groups -OCH3 is 2. The minimum atomic E-state index is -0.275. The molecule has 1 N–H and O–H groups in total. The summed E-state index contributed by atoms with van der Waals surface area (Å²) in [5, 5.41) is 12.1. The zero-order chi connectivity index (χ0) is 20.4. The number of rotatable bonds is 5. The van der Waals surface area contributed by atoms with Crippen molar-refractivity contribution in [1.29, 1.82) is 0 Å². The Bertz CT molecular complexity index is 960. The monoisotopic (exact) mass is 413 g/mol. The molecular formula is C20H23N5O3S. The Hall–Kier alpha value is -2.78. The highest BCUT2D eigenvalue weighted by atomic mass is 32.1. The smallest absolute Gasteiger partial charge is 0.320 e. The second-order valence-electron chi connectivity index (χ2n) is 6.97. The van der Waals surface area contributed by atoms with E-state index in [4.69, 9.17) is 14.5 Å². The SMILES string of the molecule is COc1cc(-c2cnc(N3CC[C@H](O)[C@@H](C)C3)nc2-c2cccs2)nc(OC)n1. The Kier molecular flexibility index (Phi) is 5.59. The quantitative estimate of drug-likeness (QED) is 0.682. The molecule has 1 fully saturated rings. The summed E-state index contributed by atoms with van der Waals surface area (Å²) in [6.45, 7) is 3.49. The molecular weight excluding hydrogens is 390 g/mol. The standard InChI is InChI=1S/C20H23N5O3S/c1-12-11-25(7-6-15(12)26)19-21-10-13(18(24-19)16-5-4-8-29-16)14-9-17(27-2)23-20(22-14)28-3/h4-5,8-10,12,15,26H,6-7,11H2,1-3H3/t12-,15-/m0/s1. The minimum absolute atomic E-state index is 0.174. The Labute approximate surface area is 173 Å². The van der Waals surface area contributed by atoms with Crippen molar-refractivity contribution < 1.29 is 14.6 Å². The molecule has 0 saturated carbocycles. The molecule has 2 atom stereocenters. The van der Waals surface area contributed by atoms with Gasteiger partial charge in [-0.05, 0) is 23.8 Å². The number of thiophene rings is 1. The molecule has 0 aromatic carbocycles. The number of piperidine rings is 1. The summed E-state index contributed by atoms with van der Waals surface area (Å²) < 4.78 is 10.5. The van der Waals surface area contributed by atoms with Crippen molar-refractivity contribution in [3.05, 3.63) is 29.8 Å². The van der Waals surface area contributed by atoms with Crippen LogP contribution in [0.2, 0.25) is 0 Å². The molecule has 0 bridgehead atoms. The highest BCUT2D eigenvalue weighted by molar-refractivity contribution is 7.13. The molecule has 1 aliphatic heterocycles. The largest absolute Gasteiger partial charge is 0.481 e. The van der Waals surface area contributed by atoms with E-state index in [0.29, 0.717) is 23.9 Å². The van der Waals surface area contributed by atoms with Gasteiger partial charge < -0.3 is 19.5 Å². The third-order valence-electron chi connectivity index (χ3n) is 5.02. The fourth-order valence-electron chi connectivity index (χ4n) is 3.37. The zero-order valence-electron chi connectivity index (χ0n) is 16.6. The first-order valence-corrected chi connectivity index (χ1v) is 10.3. The van der Waals surface area contributed by atoms with Crippen LogP contribution in [0.1, 0.15) is 13.3 Å².